The number of hydrogen-bond donors (Lipinski definition) is 5. The molecule has 23 heavy (non-hydrogen) atoms. The zero-order valence-corrected chi connectivity index (χ0v) is 11.4. The van der Waals surface area contributed by atoms with Gasteiger partial charge in [0.2, 0.25) is 5.95 Å². The highest BCUT2D eigenvalue weighted by Gasteiger charge is 2.47. The van der Waals surface area contributed by atoms with Crippen molar-refractivity contribution in [1.82, 2.24) is 24.8 Å². The van der Waals surface area contributed by atoms with Gasteiger partial charge in [-0.1, -0.05) is 0 Å². The molecule has 0 aromatic carbocycles. The second-order valence-electron chi connectivity index (χ2n) is 4.80. The van der Waals surface area contributed by atoms with Crippen LogP contribution in [0.15, 0.2) is 11.1 Å². The quantitative estimate of drug-likeness (QED) is 0.281. The molecule has 1 fully saturated rings. The fourth-order valence-corrected chi connectivity index (χ4v) is 2.36. The lowest BCUT2D eigenvalue weighted by Gasteiger charge is -2.16. The Hall–Kier alpha value is -3.01. The number of aliphatic hydroxyl groups excluding tert-OH is 2. The molecule has 1 aliphatic heterocycles. The molecule has 1 saturated heterocycles. The average molecular weight is 321 g/mol. The normalized spacial score (nSPS) is 27.0. The van der Waals surface area contributed by atoms with Gasteiger partial charge in [-0.3, -0.25) is 24.5 Å². The lowest BCUT2D eigenvalue weighted by atomic mass is 10.1. The van der Waals surface area contributed by atoms with Gasteiger partial charge in [-0.2, -0.15) is 10.2 Å². The topological polar surface area (TPSA) is 192 Å². The van der Waals surface area contributed by atoms with Crippen LogP contribution in [0.2, 0.25) is 0 Å². The van der Waals surface area contributed by atoms with Crippen LogP contribution >= 0.6 is 0 Å². The predicted octanol–water partition coefficient (Wildman–Crippen LogP) is -3.08. The van der Waals surface area contributed by atoms with Crippen molar-refractivity contribution in [3.05, 3.63) is 16.7 Å². The van der Waals surface area contributed by atoms with Crippen LogP contribution < -0.4 is 16.6 Å². The van der Waals surface area contributed by atoms with Crippen LogP contribution in [0, 0.1) is 11.5 Å². The van der Waals surface area contributed by atoms with Gasteiger partial charge in [-0.05, 0) is 0 Å². The summed E-state index contributed by atoms with van der Waals surface area (Å²) in [6.45, 7) is 0. The number of anilines is 1. The lowest BCUT2D eigenvalue weighted by molar-refractivity contribution is -0.136. The van der Waals surface area contributed by atoms with Crippen molar-refractivity contribution >= 4 is 23.0 Å². The molecule has 6 N–H and O–H groups in total. The molecule has 0 unspecified atom stereocenters. The number of ether oxygens (including phenoxy) is 1. The van der Waals surface area contributed by atoms with E-state index in [0.29, 0.717) is 0 Å². The summed E-state index contributed by atoms with van der Waals surface area (Å²) >= 11 is 0. The number of nitrogens with two attached hydrogens (primary N) is 1. The molecule has 4 atom stereocenters. The van der Waals surface area contributed by atoms with Gasteiger partial charge in [-0.25, -0.2) is 4.98 Å². The van der Waals surface area contributed by atoms with Crippen LogP contribution in [0.1, 0.15) is 6.23 Å². The van der Waals surface area contributed by atoms with E-state index in [0.717, 1.165) is 6.33 Å². The minimum atomic E-state index is -1.58. The first-order valence-corrected chi connectivity index (χ1v) is 6.37. The van der Waals surface area contributed by atoms with Gasteiger partial charge in [-0.15, -0.1) is 0 Å². The van der Waals surface area contributed by atoms with Crippen molar-refractivity contribution in [2.24, 2.45) is 0 Å². The van der Waals surface area contributed by atoms with E-state index in [4.69, 9.17) is 15.7 Å². The molecule has 1 aliphatic rings. The number of carbonyl (C=O) groups excluding carboxylic acids is 1. The molecule has 1 amide bonds. The fraction of sp³-hybridized carbons (Fsp3) is 0.364. The summed E-state index contributed by atoms with van der Waals surface area (Å²) in [5, 5.41) is 30.3. The zero-order chi connectivity index (χ0) is 16.7. The van der Waals surface area contributed by atoms with E-state index in [1.54, 1.807) is 0 Å². The maximum absolute atomic E-state index is 11.7. The first-order valence-electron chi connectivity index (χ1n) is 6.37. The molecule has 0 bridgehead atoms. The molecule has 120 valence electrons. The van der Waals surface area contributed by atoms with Gasteiger partial charge >= 0.3 is 0 Å². The number of aliphatic hydroxyl groups is 2. The number of fused-ring (bicyclic) bond motifs is 1. The van der Waals surface area contributed by atoms with Gasteiger partial charge in [0.05, 0.1) is 6.33 Å². The third-order valence-electron chi connectivity index (χ3n) is 3.40. The van der Waals surface area contributed by atoms with E-state index in [1.165, 1.54) is 10.8 Å². The molecule has 0 spiro atoms. The fourth-order valence-electron chi connectivity index (χ4n) is 2.36. The van der Waals surface area contributed by atoms with Crippen LogP contribution in [0.5, 0.6) is 0 Å². The van der Waals surface area contributed by atoms with Crippen molar-refractivity contribution in [1.29, 1.82) is 5.26 Å². The largest absolute Gasteiger partial charge is 0.387 e. The number of carbonyl (C=O) groups is 1. The number of nitrogens with one attached hydrogen (secondary N) is 2. The summed E-state index contributed by atoms with van der Waals surface area (Å²) in [7, 11) is 0. The summed E-state index contributed by atoms with van der Waals surface area (Å²) in [6, 6.07) is 0. The van der Waals surface area contributed by atoms with Gasteiger partial charge in [0, 0.05) is 0 Å². The molecule has 0 aliphatic carbocycles. The van der Waals surface area contributed by atoms with E-state index in [2.05, 4.69) is 15.0 Å². The van der Waals surface area contributed by atoms with Crippen molar-refractivity contribution in [3.63, 3.8) is 0 Å². The Bertz CT molecular complexity index is 868. The Kier molecular flexibility index (Phi) is 3.45. The minimum Gasteiger partial charge on any atom is -0.387 e. The van der Waals surface area contributed by atoms with Crippen molar-refractivity contribution in [2.75, 3.05) is 5.73 Å². The number of aromatic nitrogens is 4. The summed E-state index contributed by atoms with van der Waals surface area (Å²) in [5.41, 5.74) is 4.85. The number of H-pyrrole nitrogens is 1. The highest BCUT2D eigenvalue weighted by atomic mass is 16.6. The lowest BCUT2D eigenvalue weighted by Crippen LogP contribution is -2.41. The van der Waals surface area contributed by atoms with E-state index >= 15 is 0 Å². The Morgan fingerprint density at radius 2 is 2.26 bits per heavy atom. The molecular formula is C11H11N7O5. The van der Waals surface area contributed by atoms with E-state index in [9.17, 15) is 19.8 Å². The van der Waals surface area contributed by atoms with Crippen LogP contribution in [-0.4, -0.2) is 54.0 Å². The number of hydrogen-bond acceptors (Lipinski definition) is 9. The number of aromatic amines is 1. The molecule has 2 aromatic rings. The number of rotatable bonds is 2. The molecule has 2 aromatic heterocycles. The highest BCUT2D eigenvalue weighted by molar-refractivity contribution is 5.83. The Morgan fingerprint density at radius 3 is 2.96 bits per heavy atom. The second-order valence-corrected chi connectivity index (χ2v) is 4.80. The smallest absolute Gasteiger partial charge is 0.280 e. The van der Waals surface area contributed by atoms with Gasteiger partial charge in [0.15, 0.2) is 29.7 Å². The van der Waals surface area contributed by atoms with Crippen LogP contribution in [0.3, 0.4) is 0 Å². The monoisotopic (exact) mass is 321 g/mol. The molecule has 3 heterocycles. The van der Waals surface area contributed by atoms with Crippen LogP contribution in [0.4, 0.5) is 5.95 Å². The minimum absolute atomic E-state index is 0.0174. The van der Waals surface area contributed by atoms with Crippen LogP contribution in [0.25, 0.3) is 11.2 Å². The van der Waals surface area contributed by atoms with E-state index in [-0.39, 0.29) is 17.1 Å². The maximum atomic E-state index is 11.7. The maximum Gasteiger partial charge on any atom is 0.280 e. The summed E-state index contributed by atoms with van der Waals surface area (Å²) in [6.07, 6.45) is -3.22. The zero-order valence-electron chi connectivity index (χ0n) is 11.4. The second kappa shape index (κ2) is 5.32. The van der Waals surface area contributed by atoms with Gasteiger partial charge in [0.25, 0.3) is 11.5 Å². The summed E-state index contributed by atoms with van der Waals surface area (Å²) in [4.78, 5) is 33.4. The summed E-state index contributed by atoms with van der Waals surface area (Å²) < 4.78 is 6.47. The summed E-state index contributed by atoms with van der Waals surface area (Å²) in [5.74, 6) is -1.08. The first-order chi connectivity index (χ1) is 10.9. The van der Waals surface area contributed by atoms with E-state index < -0.39 is 36.0 Å². The number of nitriles is 1. The van der Waals surface area contributed by atoms with Gasteiger partial charge in [0.1, 0.15) is 12.2 Å². The molecule has 3 rings (SSSR count). The van der Waals surface area contributed by atoms with Crippen molar-refractivity contribution in [3.8, 4) is 6.19 Å². The Morgan fingerprint density at radius 1 is 1.52 bits per heavy atom. The number of nitrogens with zero attached hydrogens (tertiary/aromatic N) is 4. The average Bonchev–Trinajstić information content (AvgIpc) is 3.02. The molecule has 0 saturated carbocycles. The SMILES string of the molecule is N#CNC(=O)[C@H]1O[C@@H](n2cnc3c(=O)[nH]c(N)nc32)[C@H](O)[C@@H]1O. The molecule has 0 radical (unpaired) electrons. The standard InChI is InChI=1S/C11H11N7O5/c12-1-14-9(22)6-4(19)5(20)10(23-6)18-2-15-3-7(18)16-11(13)17-8(3)21/h2,4-6,10,19-20H,(H,14,22)(H3,13,16,17,21)/t4-,5+,6-,10+/m0/s1. The van der Waals surface area contributed by atoms with Crippen molar-refractivity contribution in [2.45, 2.75) is 24.5 Å². The Balaban J connectivity index is 2.01. The third-order valence-corrected chi connectivity index (χ3v) is 3.40. The number of amides is 1. The highest BCUT2D eigenvalue weighted by Crippen LogP contribution is 2.31. The van der Waals surface area contributed by atoms with Gasteiger partial charge < -0.3 is 20.7 Å². The molecule has 12 nitrogen and oxygen atoms in total. The van der Waals surface area contributed by atoms with Crippen LogP contribution in [-0.2, 0) is 9.53 Å². The third kappa shape index (κ3) is 2.28. The number of nitrogen functional groups attached to an aromatic ring is 1. The van der Waals surface area contributed by atoms with Crippen molar-refractivity contribution < 1.29 is 19.7 Å². The molecular weight excluding hydrogens is 310 g/mol. The first kappa shape index (κ1) is 14.9. The van der Waals surface area contributed by atoms with E-state index in [1.807, 2.05) is 5.32 Å². The number of imidazole rings is 1. The predicted molar refractivity (Wildman–Crippen MR) is 72.2 cm³/mol. The molecule has 12 heteroatoms. The Labute approximate surface area is 127 Å².